The van der Waals surface area contributed by atoms with E-state index < -0.39 is 0 Å². The summed E-state index contributed by atoms with van der Waals surface area (Å²) in [7, 11) is 0. The van der Waals surface area contributed by atoms with Crippen LogP contribution in [-0.4, -0.2) is 43.6 Å². The van der Waals surface area contributed by atoms with Gasteiger partial charge in [-0.05, 0) is 27.2 Å². The fourth-order valence-corrected chi connectivity index (χ4v) is 2.04. The third kappa shape index (κ3) is 3.68. The molecule has 0 aliphatic heterocycles. The van der Waals surface area contributed by atoms with Crippen molar-refractivity contribution in [3.8, 4) is 5.95 Å². The summed E-state index contributed by atoms with van der Waals surface area (Å²) in [6, 6.07) is 0.331. The van der Waals surface area contributed by atoms with Crippen LogP contribution < -0.4 is 10.2 Å². The largest absolute Gasteiger partial charge is 0.354 e. The predicted octanol–water partition coefficient (Wildman–Crippen LogP) is 2.11. The summed E-state index contributed by atoms with van der Waals surface area (Å²) in [5, 5.41) is 3.16. The fraction of sp³-hybridized carbons (Fsp3) is 0.571. The van der Waals surface area contributed by atoms with Crippen LogP contribution in [0, 0.1) is 0 Å². The first kappa shape index (κ1) is 15.2. The molecule has 0 aliphatic carbocycles. The third-order valence-corrected chi connectivity index (χ3v) is 3.03. The number of nitrogens with zero attached hydrogens (tertiary/aromatic N) is 6. The lowest BCUT2D eigenvalue weighted by Gasteiger charge is -2.26. The van der Waals surface area contributed by atoms with Crippen LogP contribution in [0.15, 0.2) is 18.7 Å². The molecule has 7 nitrogen and oxygen atoms in total. The van der Waals surface area contributed by atoms with Gasteiger partial charge in [0.25, 0.3) is 0 Å². The minimum absolute atomic E-state index is 0.331. The average molecular weight is 289 g/mol. The molecule has 2 aromatic heterocycles. The van der Waals surface area contributed by atoms with E-state index in [1.807, 2.05) is 13.1 Å². The lowest BCUT2D eigenvalue weighted by Crippen LogP contribution is -2.33. The van der Waals surface area contributed by atoms with E-state index >= 15 is 0 Å². The molecule has 0 fully saturated rings. The van der Waals surface area contributed by atoms with Crippen LogP contribution in [0.2, 0.25) is 0 Å². The van der Waals surface area contributed by atoms with Crippen LogP contribution >= 0.6 is 0 Å². The standard InChI is InChI=1S/C14H23N7/c1-5-8-21(11(3)4)14-18-12(16-6-2)17-13(19-14)20-9-7-15-10-20/h7,9-11H,5-6,8H2,1-4H3,(H,16,17,18,19). The molecule has 0 amide bonds. The lowest BCUT2D eigenvalue weighted by molar-refractivity contribution is 0.647. The zero-order valence-electron chi connectivity index (χ0n) is 13.1. The number of nitrogens with one attached hydrogen (secondary N) is 1. The first-order valence-corrected chi connectivity index (χ1v) is 7.40. The number of hydrogen-bond donors (Lipinski definition) is 1. The highest BCUT2D eigenvalue weighted by Gasteiger charge is 2.16. The molecule has 2 rings (SSSR count). The van der Waals surface area contributed by atoms with Crippen molar-refractivity contribution in [1.82, 2.24) is 24.5 Å². The van der Waals surface area contributed by atoms with Crippen molar-refractivity contribution >= 4 is 11.9 Å². The number of anilines is 2. The van der Waals surface area contributed by atoms with E-state index in [0.29, 0.717) is 23.9 Å². The first-order valence-electron chi connectivity index (χ1n) is 7.40. The van der Waals surface area contributed by atoms with E-state index in [1.165, 1.54) is 0 Å². The summed E-state index contributed by atoms with van der Waals surface area (Å²) in [5.74, 6) is 1.87. The minimum atomic E-state index is 0.331. The number of hydrogen-bond acceptors (Lipinski definition) is 6. The van der Waals surface area contributed by atoms with Crippen LogP contribution in [0.25, 0.3) is 5.95 Å². The lowest BCUT2D eigenvalue weighted by atomic mass is 10.3. The first-order chi connectivity index (χ1) is 10.2. The molecule has 0 saturated carbocycles. The van der Waals surface area contributed by atoms with Crippen molar-refractivity contribution < 1.29 is 0 Å². The Labute approximate surface area is 125 Å². The van der Waals surface area contributed by atoms with Gasteiger partial charge in [-0.15, -0.1) is 0 Å². The number of imidazole rings is 1. The van der Waals surface area contributed by atoms with Gasteiger partial charge >= 0.3 is 0 Å². The monoisotopic (exact) mass is 289 g/mol. The molecule has 21 heavy (non-hydrogen) atoms. The summed E-state index contributed by atoms with van der Waals surface area (Å²) in [5.41, 5.74) is 0. The Balaban J connectivity index is 2.44. The van der Waals surface area contributed by atoms with E-state index in [1.54, 1.807) is 17.1 Å². The Morgan fingerprint density at radius 1 is 1.24 bits per heavy atom. The highest BCUT2D eigenvalue weighted by molar-refractivity contribution is 5.40. The van der Waals surface area contributed by atoms with Gasteiger partial charge in [-0.1, -0.05) is 6.92 Å². The van der Waals surface area contributed by atoms with Gasteiger partial charge in [-0.25, -0.2) is 4.98 Å². The van der Waals surface area contributed by atoms with Crippen molar-refractivity contribution in [2.45, 2.75) is 40.2 Å². The molecule has 0 unspecified atom stereocenters. The average Bonchev–Trinajstić information content (AvgIpc) is 2.98. The van der Waals surface area contributed by atoms with Gasteiger partial charge in [0.1, 0.15) is 6.33 Å². The van der Waals surface area contributed by atoms with Gasteiger partial charge in [-0.2, -0.15) is 15.0 Å². The van der Waals surface area contributed by atoms with E-state index in [-0.39, 0.29) is 0 Å². The van der Waals surface area contributed by atoms with Crippen molar-refractivity contribution in [3.05, 3.63) is 18.7 Å². The Hall–Kier alpha value is -2.18. The Kier molecular flexibility index (Phi) is 5.08. The second kappa shape index (κ2) is 7.01. The van der Waals surface area contributed by atoms with Gasteiger partial charge in [0.05, 0.1) is 0 Å². The molecule has 0 aliphatic rings. The van der Waals surface area contributed by atoms with E-state index in [9.17, 15) is 0 Å². The highest BCUT2D eigenvalue weighted by Crippen LogP contribution is 2.16. The van der Waals surface area contributed by atoms with Crippen molar-refractivity contribution in [2.75, 3.05) is 23.3 Å². The van der Waals surface area contributed by atoms with E-state index in [0.717, 1.165) is 19.5 Å². The Morgan fingerprint density at radius 3 is 2.62 bits per heavy atom. The molecule has 0 bridgehead atoms. The summed E-state index contributed by atoms with van der Waals surface area (Å²) < 4.78 is 1.79. The Morgan fingerprint density at radius 2 is 2.05 bits per heavy atom. The SMILES string of the molecule is CCCN(c1nc(NCC)nc(-n2ccnc2)n1)C(C)C. The van der Waals surface area contributed by atoms with Gasteiger partial charge in [0.15, 0.2) is 0 Å². The van der Waals surface area contributed by atoms with E-state index in [2.05, 4.69) is 50.9 Å². The molecule has 0 radical (unpaired) electrons. The topological polar surface area (TPSA) is 71.8 Å². The van der Waals surface area contributed by atoms with Crippen LogP contribution in [-0.2, 0) is 0 Å². The van der Waals surface area contributed by atoms with Gasteiger partial charge < -0.3 is 10.2 Å². The highest BCUT2D eigenvalue weighted by atomic mass is 15.3. The Bertz CT molecular complexity index is 550. The van der Waals surface area contributed by atoms with E-state index in [4.69, 9.17) is 0 Å². The van der Waals surface area contributed by atoms with Crippen LogP contribution in [0.5, 0.6) is 0 Å². The summed E-state index contributed by atoms with van der Waals surface area (Å²) in [6.07, 6.45) is 6.27. The summed E-state index contributed by atoms with van der Waals surface area (Å²) >= 11 is 0. The minimum Gasteiger partial charge on any atom is -0.354 e. The van der Waals surface area contributed by atoms with Crippen molar-refractivity contribution in [3.63, 3.8) is 0 Å². The number of rotatable bonds is 7. The fourth-order valence-electron chi connectivity index (χ4n) is 2.04. The van der Waals surface area contributed by atoms with Crippen LogP contribution in [0.1, 0.15) is 34.1 Å². The molecule has 0 aromatic carbocycles. The quantitative estimate of drug-likeness (QED) is 0.841. The molecule has 114 valence electrons. The predicted molar refractivity (Wildman–Crippen MR) is 83.9 cm³/mol. The molecule has 0 saturated heterocycles. The molecule has 2 aromatic rings. The number of aromatic nitrogens is 5. The van der Waals surface area contributed by atoms with Crippen molar-refractivity contribution in [2.24, 2.45) is 0 Å². The second-order valence-corrected chi connectivity index (χ2v) is 5.05. The van der Waals surface area contributed by atoms with Crippen molar-refractivity contribution in [1.29, 1.82) is 0 Å². The zero-order valence-corrected chi connectivity index (χ0v) is 13.1. The zero-order chi connectivity index (χ0) is 15.2. The molecule has 1 N–H and O–H groups in total. The third-order valence-electron chi connectivity index (χ3n) is 3.03. The summed E-state index contributed by atoms with van der Waals surface area (Å²) in [6.45, 7) is 10.1. The molecule has 0 spiro atoms. The van der Waals surface area contributed by atoms with Crippen LogP contribution in [0.4, 0.5) is 11.9 Å². The molecular weight excluding hydrogens is 266 g/mol. The maximum atomic E-state index is 4.58. The van der Waals surface area contributed by atoms with Gasteiger partial charge in [0, 0.05) is 31.5 Å². The van der Waals surface area contributed by atoms with Gasteiger partial charge in [-0.3, -0.25) is 4.57 Å². The maximum Gasteiger partial charge on any atom is 0.241 e. The second-order valence-electron chi connectivity index (χ2n) is 5.05. The smallest absolute Gasteiger partial charge is 0.241 e. The van der Waals surface area contributed by atoms with Crippen LogP contribution in [0.3, 0.4) is 0 Å². The van der Waals surface area contributed by atoms with Gasteiger partial charge in [0.2, 0.25) is 17.8 Å². The molecule has 0 atom stereocenters. The molecule has 2 heterocycles. The molecule has 7 heteroatoms. The maximum absolute atomic E-state index is 4.58. The summed E-state index contributed by atoms with van der Waals surface area (Å²) in [4.78, 5) is 19.8. The molecular formula is C14H23N7. The normalized spacial score (nSPS) is 10.9.